The third-order valence-electron chi connectivity index (χ3n) is 14.0. The predicted octanol–water partition coefficient (Wildman–Crippen LogP) is 14.3. The molecule has 0 saturated carbocycles. The number of hydrogen-bond acceptors (Lipinski definition) is 4. The fourth-order valence-electron chi connectivity index (χ4n) is 11.1. The molecule has 0 saturated heterocycles. The van der Waals surface area contributed by atoms with Gasteiger partial charge in [0.2, 0.25) is 0 Å². The van der Waals surface area contributed by atoms with E-state index in [1.54, 1.807) is 0 Å². The second-order valence-electron chi connectivity index (χ2n) is 17.6. The summed E-state index contributed by atoms with van der Waals surface area (Å²) in [5, 5.41) is 3.75. The van der Waals surface area contributed by atoms with Gasteiger partial charge in [-0.1, -0.05) is 146 Å². The summed E-state index contributed by atoms with van der Waals surface area (Å²) in [6.07, 6.45) is 3.79. The lowest BCUT2D eigenvalue weighted by atomic mass is 9.72. The number of pyridine rings is 1. The molecule has 4 aromatic heterocycles. The van der Waals surface area contributed by atoms with Gasteiger partial charge in [-0.2, -0.15) is 0 Å². The minimum Gasteiger partial charge on any atom is -0.309 e. The van der Waals surface area contributed by atoms with E-state index in [2.05, 4.69) is 179 Å². The summed E-state index contributed by atoms with van der Waals surface area (Å²) in [6, 6.07) is 71.8. The fourth-order valence-corrected chi connectivity index (χ4v) is 11.1. The summed E-state index contributed by atoms with van der Waals surface area (Å²) in [5.74, 6) is 1.92. The van der Waals surface area contributed by atoms with Crippen LogP contribution in [0.15, 0.2) is 213 Å². The third-order valence-corrected chi connectivity index (χ3v) is 14.0. The lowest BCUT2D eigenvalue weighted by Crippen LogP contribution is -2.23. The minimum atomic E-state index is -0.494. The standard InChI is InChI=1S/C60H38N6/c1-60-48-25-12-11-24-46(48)56-54(60)53-52(65(56)44-22-9-4-10-23-44)31-28-45-47-34-40(43-21-14-32-61-36-43)26-29-50(47)66(55(45)53)51-30-27-41(35-49(51)60)39-19-13-20-42(33-39)59-63-57(37-15-5-2-6-16-37)62-58(64-59)38-17-7-3-8-18-38/h2-36H,1H3. The molecule has 0 spiro atoms. The SMILES string of the molecule is CC12c3ccccc3-c3c1c1c(ccc4c5cc(-c6cccnc6)ccc5n(c41)-c1ccc(-c4cccc(-c5nc(-c6ccccc6)nc(-c6ccccc6)n5)c4)cc12)n3-c1ccccc1. The number of para-hydroxylation sites is 1. The van der Waals surface area contributed by atoms with Crippen LogP contribution < -0.4 is 0 Å². The van der Waals surface area contributed by atoms with Crippen molar-refractivity contribution in [1.82, 2.24) is 29.1 Å². The Morgan fingerprint density at radius 3 is 1.77 bits per heavy atom. The lowest BCUT2D eigenvalue weighted by molar-refractivity contribution is 0.718. The van der Waals surface area contributed by atoms with Crippen molar-refractivity contribution in [3.05, 3.63) is 229 Å². The second kappa shape index (κ2) is 13.9. The molecule has 0 amide bonds. The van der Waals surface area contributed by atoms with Crippen LogP contribution in [0.3, 0.4) is 0 Å². The maximum absolute atomic E-state index is 5.10. The second-order valence-corrected chi connectivity index (χ2v) is 17.6. The molecule has 14 rings (SSSR count). The van der Waals surface area contributed by atoms with Gasteiger partial charge in [0.15, 0.2) is 17.5 Å². The zero-order chi connectivity index (χ0) is 43.5. The van der Waals surface area contributed by atoms with Crippen LogP contribution in [0.2, 0.25) is 0 Å². The summed E-state index contributed by atoms with van der Waals surface area (Å²) in [7, 11) is 0. The van der Waals surface area contributed by atoms with Crippen molar-refractivity contribution < 1.29 is 0 Å². The molecule has 0 fully saturated rings. The van der Waals surface area contributed by atoms with Gasteiger partial charge in [0, 0.05) is 73.0 Å². The van der Waals surface area contributed by atoms with E-state index in [9.17, 15) is 0 Å². The molecule has 1 unspecified atom stereocenters. The first-order valence-electron chi connectivity index (χ1n) is 22.5. The molecule has 1 atom stereocenters. The smallest absolute Gasteiger partial charge is 0.164 e. The molecule has 6 nitrogen and oxygen atoms in total. The molecule has 1 aliphatic heterocycles. The van der Waals surface area contributed by atoms with Gasteiger partial charge < -0.3 is 9.13 Å². The lowest BCUT2D eigenvalue weighted by Gasteiger charge is -2.30. The number of rotatable bonds is 6. The third kappa shape index (κ3) is 5.18. The normalized spacial score (nSPS) is 14.5. The molecule has 0 bridgehead atoms. The van der Waals surface area contributed by atoms with Gasteiger partial charge in [0.05, 0.1) is 27.9 Å². The van der Waals surface area contributed by atoms with E-state index < -0.39 is 5.41 Å². The first-order chi connectivity index (χ1) is 32.6. The van der Waals surface area contributed by atoms with Crippen LogP contribution in [-0.2, 0) is 5.41 Å². The zero-order valence-corrected chi connectivity index (χ0v) is 35.9. The molecule has 8 aromatic carbocycles. The van der Waals surface area contributed by atoms with Crippen LogP contribution >= 0.6 is 0 Å². The minimum absolute atomic E-state index is 0.494. The van der Waals surface area contributed by atoms with Gasteiger partial charge in [0.1, 0.15) is 0 Å². The van der Waals surface area contributed by atoms with Crippen LogP contribution in [0, 0.1) is 0 Å². The van der Waals surface area contributed by atoms with Crippen LogP contribution in [0.25, 0.3) is 112 Å². The maximum atomic E-state index is 5.10. The quantitative estimate of drug-likeness (QED) is 0.167. The largest absolute Gasteiger partial charge is 0.309 e. The van der Waals surface area contributed by atoms with E-state index in [0.717, 1.165) is 44.6 Å². The molecule has 0 N–H and O–H groups in total. The van der Waals surface area contributed by atoms with Gasteiger partial charge in [0.25, 0.3) is 0 Å². The highest BCUT2D eigenvalue weighted by Gasteiger charge is 2.48. The Bertz CT molecular complexity index is 3870. The molecule has 308 valence electrons. The van der Waals surface area contributed by atoms with Crippen molar-refractivity contribution in [3.63, 3.8) is 0 Å². The predicted molar refractivity (Wildman–Crippen MR) is 267 cm³/mol. The fraction of sp³-hybridized carbons (Fsp3) is 0.0333. The summed E-state index contributed by atoms with van der Waals surface area (Å²) in [6.45, 7) is 2.46. The molecule has 6 heteroatoms. The molecule has 1 aliphatic carbocycles. The van der Waals surface area contributed by atoms with Crippen molar-refractivity contribution in [2.45, 2.75) is 12.3 Å². The van der Waals surface area contributed by atoms with Crippen LogP contribution in [-0.4, -0.2) is 29.1 Å². The van der Waals surface area contributed by atoms with E-state index in [1.165, 1.54) is 66.3 Å². The summed E-state index contributed by atoms with van der Waals surface area (Å²) < 4.78 is 5.07. The van der Waals surface area contributed by atoms with E-state index in [4.69, 9.17) is 15.0 Å². The monoisotopic (exact) mass is 842 g/mol. The van der Waals surface area contributed by atoms with Gasteiger partial charge >= 0.3 is 0 Å². The number of fused-ring (bicyclic) bond motifs is 9. The van der Waals surface area contributed by atoms with Crippen molar-refractivity contribution in [2.75, 3.05) is 0 Å². The molecule has 0 radical (unpaired) electrons. The topological polar surface area (TPSA) is 61.4 Å². The van der Waals surface area contributed by atoms with Crippen molar-refractivity contribution in [1.29, 1.82) is 0 Å². The Morgan fingerprint density at radius 1 is 0.424 bits per heavy atom. The van der Waals surface area contributed by atoms with Crippen LogP contribution in [0.4, 0.5) is 0 Å². The highest BCUT2D eigenvalue weighted by atomic mass is 15.1. The van der Waals surface area contributed by atoms with E-state index in [-0.39, 0.29) is 0 Å². The average molecular weight is 843 g/mol. The first kappa shape index (κ1) is 36.7. The molecular weight excluding hydrogens is 805 g/mol. The maximum Gasteiger partial charge on any atom is 0.164 e. The molecule has 2 aliphatic rings. The number of benzene rings is 8. The van der Waals surface area contributed by atoms with E-state index in [1.807, 2.05) is 54.9 Å². The van der Waals surface area contributed by atoms with Crippen molar-refractivity contribution >= 4 is 32.7 Å². The van der Waals surface area contributed by atoms with E-state index >= 15 is 0 Å². The van der Waals surface area contributed by atoms with Crippen molar-refractivity contribution in [2.24, 2.45) is 0 Å². The highest BCUT2D eigenvalue weighted by molar-refractivity contribution is 6.23. The molecule has 66 heavy (non-hydrogen) atoms. The molecule has 12 aromatic rings. The number of hydrogen-bond donors (Lipinski definition) is 0. The van der Waals surface area contributed by atoms with E-state index in [0.29, 0.717) is 17.5 Å². The number of nitrogens with zero attached hydrogens (tertiary/aromatic N) is 6. The Hall–Kier alpha value is -8.74. The zero-order valence-electron chi connectivity index (χ0n) is 35.9. The van der Waals surface area contributed by atoms with Gasteiger partial charge in [-0.05, 0) is 89.3 Å². The van der Waals surface area contributed by atoms with Crippen molar-refractivity contribution in [3.8, 4) is 79.0 Å². The molecular formula is C60H38N6. The van der Waals surface area contributed by atoms with Crippen LogP contribution in [0.5, 0.6) is 0 Å². The molecule has 5 heterocycles. The first-order valence-corrected chi connectivity index (χ1v) is 22.5. The Balaban J connectivity index is 1.03. The van der Waals surface area contributed by atoms with Gasteiger partial charge in [-0.3, -0.25) is 4.98 Å². The average Bonchev–Trinajstić information content (AvgIpc) is 3.99. The van der Waals surface area contributed by atoms with Crippen LogP contribution in [0.1, 0.15) is 23.6 Å². The van der Waals surface area contributed by atoms with Gasteiger partial charge in [-0.25, -0.2) is 15.0 Å². The Morgan fingerprint density at radius 2 is 1.03 bits per heavy atom. The summed E-state index contributed by atoms with van der Waals surface area (Å²) >= 11 is 0. The Kier molecular flexibility index (Phi) is 7.72. The number of aromatic nitrogens is 6. The highest BCUT2D eigenvalue weighted by Crippen LogP contribution is 2.61. The summed E-state index contributed by atoms with van der Waals surface area (Å²) in [4.78, 5) is 19.6. The summed E-state index contributed by atoms with van der Waals surface area (Å²) in [5.41, 5.74) is 19.2. The Labute approximate surface area is 380 Å². The van der Waals surface area contributed by atoms with Gasteiger partial charge in [-0.15, -0.1) is 0 Å².